The van der Waals surface area contributed by atoms with Gasteiger partial charge in [0.1, 0.15) is 6.04 Å². The zero-order valence-corrected chi connectivity index (χ0v) is 9.82. The summed E-state index contributed by atoms with van der Waals surface area (Å²) in [7, 11) is 0. The molecule has 1 amide bonds. The van der Waals surface area contributed by atoms with E-state index in [2.05, 4.69) is 29.5 Å². The van der Waals surface area contributed by atoms with Crippen LogP contribution in [0.25, 0.3) is 0 Å². The summed E-state index contributed by atoms with van der Waals surface area (Å²) in [5.41, 5.74) is 0. The van der Waals surface area contributed by atoms with Crippen molar-refractivity contribution in [1.29, 1.82) is 0 Å². The van der Waals surface area contributed by atoms with Crippen molar-refractivity contribution in [1.82, 2.24) is 10.6 Å². The summed E-state index contributed by atoms with van der Waals surface area (Å²) in [5, 5.41) is 5.93. The molecule has 0 aromatic carbocycles. The van der Waals surface area contributed by atoms with Gasteiger partial charge in [-0.1, -0.05) is 13.8 Å². The molecule has 2 aliphatic heterocycles. The first-order chi connectivity index (χ1) is 7.66. The molecule has 2 unspecified atom stereocenters. The number of carbonyl (C=O) groups is 1. The molecule has 5 nitrogen and oxygen atoms in total. The fourth-order valence-electron chi connectivity index (χ4n) is 1.95. The van der Waals surface area contributed by atoms with Gasteiger partial charge in [-0.15, -0.1) is 0 Å². The summed E-state index contributed by atoms with van der Waals surface area (Å²) >= 11 is 0. The molecule has 2 atom stereocenters. The van der Waals surface area contributed by atoms with Crippen molar-refractivity contribution in [3.05, 3.63) is 0 Å². The molecule has 90 valence electrons. The summed E-state index contributed by atoms with van der Waals surface area (Å²) in [5.74, 6) is 1.43. The van der Waals surface area contributed by atoms with Crippen LogP contribution in [-0.4, -0.2) is 37.7 Å². The van der Waals surface area contributed by atoms with E-state index in [1.807, 2.05) is 0 Å². The fourth-order valence-corrected chi connectivity index (χ4v) is 1.95. The Morgan fingerprint density at radius 2 is 2.38 bits per heavy atom. The molecular weight excluding hydrogens is 206 g/mol. The second kappa shape index (κ2) is 4.82. The third-order valence-electron chi connectivity index (χ3n) is 2.87. The number of carbonyl (C=O) groups excluding carboxylic acids is 1. The van der Waals surface area contributed by atoms with Crippen LogP contribution in [-0.2, 0) is 9.53 Å². The Hall–Kier alpha value is -1.10. The smallest absolute Gasteiger partial charge is 0.249 e. The van der Waals surface area contributed by atoms with E-state index in [1.54, 1.807) is 0 Å². The monoisotopic (exact) mass is 225 g/mol. The molecule has 5 heteroatoms. The summed E-state index contributed by atoms with van der Waals surface area (Å²) in [6.07, 6.45) is 0.947. The van der Waals surface area contributed by atoms with Crippen LogP contribution in [0, 0.1) is 11.8 Å². The molecule has 0 spiro atoms. The average molecular weight is 225 g/mol. The third kappa shape index (κ3) is 2.52. The van der Waals surface area contributed by atoms with Gasteiger partial charge < -0.3 is 10.1 Å². The predicted octanol–water partition coefficient (Wildman–Crippen LogP) is 0.123. The van der Waals surface area contributed by atoms with Crippen molar-refractivity contribution in [3.8, 4) is 0 Å². The summed E-state index contributed by atoms with van der Waals surface area (Å²) in [6, 6.07) is -0.159. The Kier molecular flexibility index (Phi) is 3.43. The predicted molar refractivity (Wildman–Crippen MR) is 61.1 cm³/mol. The van der Waals surface area contributed by atoms with Gasteiger partial charge >= 0.3 is 0 Å². The Labute approximate surface area is 95.6 Å². The molecule has 0 aromatic rings. The highest BCUT2D eigenvalue weighted by molar-refractivity contribution is 6.06. The van der Waals surface area contributed by atoms with Crippen molar-refractivity contribution in [3.63, 3.8) is 0 Å². The van der Waals surface area contributed by atoms with Gasteiger partial charge in [0.2, 0.25) is 5.91 Å². The van der Waals surface area contributed by atoms with E-state index >= 15 is 0 Å². The van der Waals surface area contributed by atoms with Crippen LogP contribution >= 0.6 is 0 Å². The third-order valence-corrected chi connectivity index (χ3v) is 2.87. The molecule has 2 aliphatic rings. The molecular formula is C11H19N3O2. The second-order valence-electron chi connectivity index (χ2n) is 4.82. The van der Waals surface area contributed by atoms with E-state index in [1.165, 1.54) is 0 Å². The largest absolute Gasteiger partial charge is 0.381 e. The molecule has 0 radical (unpaired) electrons. The van der Waals surface area contributed by atoms with E-state index in [0.29, 0.717) is 18.5 Å². The van der Waals surface area contributed by atoms with Gasteiger partial charge in [0.05, 0.1) is 6.61 Å². The molecule has 0 bridgehead atoms. The number of hydrogen-bond acceptors (Lipinski definition) is 3. The number of rotatable bonds is 3. The minimum absolute atomic E-state index is 0.0259. The lowest BCUT2D eigenvalue weighted by atomic mass is 10.00. The molecule has 0 saturated carbocycles. The molecule has 0 aromatic heterocycles. The molecule has 0 aliphatic carbocycles. The number of nitrogens with one attached hydrogen (secondary N) is 2. The number of ether oxygens (including phenoxy) is 1. The van der Waals surface area contributed by atoms with Gasteiger partial charge in [-0.3, -0.25) is 15.1 Å². The van der Waals surface area contributed by atoms with Gasteiger partial charge in [0.25, 0.3) is 0 Å². The Balaban J connectivity index is 1.93. The maximum Gasteiger partial charge on any atom is 0.249 e. The minimum Gasteiger partial charge on any atom is -0.381 e. The second-order valence-corrected chi connectivity index (χ2v) is 4.82. The Morgan fingerprint density at radius 3 is 3.00 bits per heavy atom. The lowest BCUT2D eigenvalue weighted by Gasteiger charge is -2.13. The van der Waals surface area contributed by atoms with Crippen molar-refractivity contribution in [2.75, 3.05) is 19.8 Å². The molecule has 2 fully saturated rings. The average Bonchev–Trinajstić information content (AvgIpc) is 2.83. The Morgan fingerprint density at radius 1 is 1.56 bits per heavy atom. The minimum atomic E-state index is -0.159. The van der Waals surface area contributed by atoms with Crippen LogP contribution in [0.4, 0.5) is 0 Å². The van der Waals surface area contributed by atoms with E-state index in [-0.39, 0.29) is 17.9 Å². The van der Waals surface area contributed by atoms with Crippen LogP contribution in [0.1, 0.15) is 20.3 Å². The van der Waals surface area contributed by atoms with E-state index in [0.717, 1.165) is 19.6 Å². The van der Waals surface area contributed by atoms with Crippen molar-refractivity contribution in [2.24, 2.45) is 16.8 Å². The zero-order valence-electron chi connectivity index (χ0n) is 9.82. The number of amides is 1. The highest BCUT2D eigenvalue weighted by atomic mass is 16.5. The first-order valence-electron chi connectivity index (χ1n) is 5.86. The van der Waals surface area contributed by atoms with Crippen LogP contribution in [0.5, 0.6) is 0 Å². The van der Waals surface area contributed by atoms with Crippen molar-refractivity contribution >= 4 is 11.9 Å². The van der Waals surface area contributed by atoms with Gasteiger partial charge in [-0.25, -0.2) is 0 Å². The van der Waals surface area contributed by atoms with Gasteiger partial charge in [0, 0.05) is 19.1 Å². The topological polar surface area (TPSA) is 62.7 Å². The van der Waals surface area contributed by atoms with Gasteiger partial charge in [-0.2, -0.15) is 0 Å². The SMILES string of the molecule is CC(C)CN=C1NC(=O)C(C2CCOC2)N1. The fraction of sp³-hybridized carbons (Fsp3) is 0.818. The lowest BCUT2D eigenvalue weighted by molar-refractivity contribution is -0.121. The number of nitrogens with zero attached hydrogens (tertiary/aromatic N) is 1. The Bertz CT molecular complexity index is 296. The first kappa shape index (κ1) is 11.4. The molecule has 2 N–H and O–H groups in total. The highest BCUT2D eigenvalue weighted by Gasteiger charge is 2.36. The highest BCUT2D eigenvalue weighted by Crippen LogP contribution is 2.18. The van der Waals surface area contributed by atoms with Crippen LogP contribution in [0.3, 0.4) is 0 Å². The maximum atomic E-state index is 11.7. The van der Waals surface area contributed by atoms with E-state index in [9.17, 15) is 4.79 Å². The summed E-state index contributed by atoms with van der Waals surface area (Å²) < 4.78 is 5.29. The van der Waals surface area contributed by atoms with Gasteiger partial charge in [-0.05, 0) is 12.3 Å². The quantitative estimate of drug-likeness (QED) is 0.717. The standard InChI is InChI=1S/C11H19N3O2/c1-7(2)5-12-11-13-9(10(15)14-11)8-3-4-16-6-8/h7-9H,3-6H2,1-2H3,(H2,12,13,14,15). The first-order valence-corrected chi connectivity index (χ1v) is 5.86. The van der Waals surface area contributed by atoms with E-state index in [4.69, 9.17) is 4.74 Å². The normalized spacial score (nSPS) is 32.2. The van der Waals surface area contributed by atoms with Crippen LogP contribution in [0.2, 0.25) is 0 Å². The van der Waals surface area contributed by atoms with Gasteiger partial charge in [0.15, 0.2) is 5.96 Å². The van der Waals surface area contributed by atoms with E-state index < -0.39 is 0 Å². The van der Waals surface area contributed by atoms with Crippen LogP contribution < -0.4 is 10.6 Å². The summed E-state index contributed by atoms with van der Waals surface area (Å²) in [6.45, 7) is 6.36. The van der Waals surface area contributed by atoms with Crippen molar-refractivity contribution < 1.29 is 9.53 Å². The van der Waals surface area contributed by atoms with Crippen molar-refractivity contribution in [2.45, 2.75) is 26.3 Å². The zero-order chi connectivity index (χ0) is 11.5. The molecule has 2 saturated heterocycles. The maximum absolute atomic E-state index is 11.7. The van der Waals surface area contributed by atoms with Crippen LogP contribution in [0.15, 0.2) is 4.99 Å². The molecule has 2 heterocycles. The number of hydrogen-bond donors (Lipinski definition) is 2. The molecule has 16 heavy (non-hydrogen) atoms. The molecule has 2 rings (SSSR count). The number of guanidine groups is 1. The number of aliphatic imine (C=N–C) groups is 1. The summed E-state index contributed by atoms with van der Waals surface area (Å²) in [4.78, 5) is 16.0. The lowest BCUT2D eigenvalue weighted by Crippen LogP contribution is -2.37.